The Bertz CT molecular complexity index is 1390. The van der Waals surface area contributed by atoms with E-state index in [4.69, 9.17) is 4.74 Å². The van der Waals surface area contributed by atoms with Crippen LogP contribution in [-0.4, -0.2) is 66.8 Å². The summed E-state index contributed by atoms with van der Waals surface area (Å²) in [6.45, 7) is 9.73. The number of halogens is 1. The molecule has 1 saturated carbocycles. The van der Waals surface area contributed by atoms with Gasteiger partial charge in [-0.2, -0.15) is 0 Å². The van der Waals surface area contributed by atoms with Crippen molar-refractivity contribution in [2.24, 2.45) is 5.92 Å². The minimum absolute atomic E-state index is 0.0245. The van der Waals surface area contributed by atoms with Crippen molar-refractivity contribution in [2.75, 3.05) is 24.5 Å². The summed E-state index contributed by atoms with van der Waals surface area (Å²) in [5, 5.41) is 8.28. The molecule has 2 atom stereocenters. The lowest BCUT2D eigenvalue weighted by Gasteiger charge is -2.43. The van der Waals surface area contributed by atoms with Crippen LogP contribution in [0.5, 0.6) is 0 Å². The fourth-order valence-corrected chi connectivity index (χ4v) is 5.35. The van der Waals surface area contributed by atoms with Gasteiger partial charge in [0.25, 0.3) is 5.56 Å². The van der Waals surface area contributed by atoms with Gasteiger partial charge in [0, 0.05) is 49.3 Å². The zero-order valence-electron chi connectivity index (χ0n) is 23.7. The van der Waals surface area contributed by atoms with E-state index in [1.165, 1.54) is 18.7 Å². The monoisotopic (exact) mass is 551 g/mol. The molecule has 11 heteroatoms. The van der Waals surface area contributed by atoms with E-state index < -0.39 is 17.6 Å². The summed E-state index contributed by atoms with van der Waals surface area (Å²) in [5.41, 5.74) is 1.09. The van der Waals surface area contributed by atoms with Crippen molar-refractivity contribution in [3.8, 4) is 11.3 Å². The highest BCUT2D eigenvalue weighted by atomic mass is 19.1. The van der Waals surface area contributed by atoms with Crippen molar-refractivity contribution < 1.29 is 13.9 Å². The lowest BCUT2D eigenvalue weighted by Crippen LogP contribution is -2.53. The third kappa shape index (κ3) is 6.34. The van der Waals surface area contributed by atoms with Gasteiger partial charge in [0.1, 0.15) is 23.3 Å². The lowest BCUT2D eigenvalue weighted by atomic mass is 9.84. The van der Waals surface area contributed by atoms with E-state index >= 15 is 0 Å². The first-order chi connectivity index (χ1) is 19.1. The van der Waals surface area contributed by atoms with Crippen LogP contribution < -0.4 is 10.5 Å². The smallest absolute Gasteiger partial charge is 0.410 e. The van der Waals surface area contributed by atoms with Gasteiger partial charge in [0.05, 0.1) is 18.4 Å². The van der Waals surface area contributed by atoms with E-state index in [-0.39, 0.29) is 17.7 Å². The molecule has 2 aliphatic rings. The number of anilines is 1. The van der Waals surface area contributed by atoms with Crippen LogP contribution in [0.2, 0.25) is 0 Å². The van der Waals surface area contributed by atoms with Gasteiger partial charge in [-0.3, -0.25) is 14.3 Å². The van der Waals surface area contributed by atoms with Crippen LogP contribution in [0.15, 0.2) is 47.8 Å². The highest BCUT2D eigenvalue weighted by Crippen LogP contribution is 2.31. The zero-order valence-corrected chi connectivity index (χ0v) is 23.7. The highest BCUT2D eigenvalue weighted by Gasteiger charge is 2.34. The molecule has 0 radical (unpaired) electrons. The topological polar surface area (TPSA) is 98.4 Å². The summed E-state index contributed by atoms with van der Waals surface area (Å²) in [7, 11) is 0. The normalized spacial score (nSPS) is 18.7. The maximum atomic E-state index is 13.6. The molecular formula is C29H38FN7O3. The summed E-state index contributed by atoms with van der Waals surface area (Å²) in [6.07, 6.45) is 10.7. The molecule has 214 valence electrons. The zero-order chi connectivity index (χ0) is 28.4. The molecule has 2 fully saturated rings. The van der Waals surface area contributed by atoms with Gasteiger partial charge < -0.3 is 14.5 Å². The number of piperidine rings is 1. The summed E-state index contributed by atoms with van der Waals surface area (Å²) in [6, 6.07) is 4.93. The molecule has 0 aromatic carbocycles. The second kappa shape index (κ2) is 11.4. The standard InChI is InChI=1S/C29H38FN7O3/c1-20(37-19-26(32-33-37)22-13-23(30)16-31-15-22)35-12-10-24(14-27(35)38)34-11-6-9-25(18-34)36(17-21-7-5-8-21)28(39)40-29(2,3)4/h10,12-16,19-21,25H,5-9,11,17-18H2,1-4H3/t20?,25-/m1/s1. The molecule has 10 nitrogen and oxygen atoms in total. The van der Waals surface area contributed by atoms with Crippen molar-refractivity contribution in [2.45, 2.75) is 77.6 Å². The van der Waals surface area contributed by atoms with Gasteiger partial charge in [0.2, 0.25) is 0 Å². The summed E-state index contributed by atoms with van der Waals surface area (Å²) in [4.78, 5) is 34.4. The highest BCUT2D eigenvalue weighted by molar-refractivity contribution is 5.69. The van der Waals surface area contributed by atoms with Crippen LogP contribution in [-0.2, 0) is 4.74 Å². The number of carbonyl (C=O) groups is 1. The molecule has 0 N–H and O–H groups in total. The maximum absolute atomic E-state index is 13.6. The largest absolute Gasteiger partial charge is 0.444 e. The van der Waals surface area contributed by atoms with Crippen LogP contribution in [0.25, 0.3) is 11.3 Å². The van der Waals surface area contributed by atoms with E-state index in [1.54, 1.807) is 27.7 Å². The number of nitrogens with zero attached hydrogens (tertiary/aromatic N) is 7. The fraction of sp³-hybridized carbons (Fsp3) is 0.552. The summed E-state index contributed by atoms with van der Waals surface area (Å²) >= 11 is 0. The Morgan fingerprint density at radius 1 is 1.20 bits per heavy atom. The molecule has 1 aliphatic heterocycles. The van der Waals surface area contributed by atoms with Crippen LogP contribution in [0.4, 0.5) is 14.9 Å². The minimum atomic E-state index is -0.552. The third-order valence-electron chi connectivity index (χ3n) is 7.74. The predicted octanol–water partition coefficient (Wildman–Crippen LogP) is 4.71. The molecule has 1 unspecified atom stereocenters. The predicted molar refractivity (Wildman–Crippen MR) is 150 cm³/mol. The second-order valence-corrected chi connectivity index (χ2v) is 11.9. The van der Waals surface area contributed by atoms with Gasteiger partial charge in [-0.15, -0.1) is 5.10 Å². The van der Waals surface area contributed by atoms with Gasteiger partial charge in [-0.1, -0.05) is 11.6 Å². The third-order valence-corrected chi connectivity index (χ3v) is 7.74. The Morgan fingerprint density at radius 3 is 2.67 bits per heavy atom. The van der Waals surface area contributed by atoms with E-state index in [1.807, 2.05) is 38.7 Å². The Kier molecular flexibility index (Phi) is 7.91. The number of aromatic nitrogens is 5. The Balaban J connectivity index is 1.30. The maximum Gasteiger partial charge on any atom is 0.410 e. The van der Waals surface area contributed by atoms with E-state index in [0.717, 1.165) is 50.7 Å². The van der Waals surface area contributed by atoms with Crippen LogP contribution in [0.3, 0.4) is 0 Å². The summed E-state index contributed by atoms with van der Waals surface area (Å²) < 4.78 is 22.5. The van der Waals surface area contributed by atoms with E-state index in [9.17, 15) is 14.0 Å². The Labute approximate surface area is 233 Å². The second-order valence-electron chi connectivity index (χ2n) is 11.9. The van der Waals surface area contributed by atoms with Crippen molar-refractivity contribution in [1.29, 1.82) is 0 Å². The first kappa shape index (κ1) is 27.8. The van der Waals surface area contributed by atoms with Crippen molar-refractivity contribution in [1.82, 2.24) is 29.4 Å². The van der Waals surface area contributed by atoms with E-state index in [0.29, 0.717) is 23.7 Å². The molecule has 4 heterocycles. The molecule has 1 saturated heterocycles. The van der Waals surface area contributed by atoms with Gasteiger partial charge in [0.15, 0.2) is 0 Å². The molecule has 1 aliphatic carbocycles. The van der Waals surface area contributed by atoms with Gasteiger partial charge in [-0.05, 0) is 71.4 Å². The molecule has 0 bridgehead atoms. The average molecular weight is 552 g/mol. The molecule has 3 aromatic rings. The average Bonchev–Trinajstić information content (AvgIpc) is 3.37. The fourth-order valence-electron chi connectivity index (χ4n) is 5.35. The first-order valence-electron chi connectivity index (χ1n) is 14.1. The number of amides is 1. The molecule has 0 spiro atoms. The van der Waals surface area contributed by atoms with Crippen LogP contribution in [0.1, 0.15) is 66.0 Å². The number of hydrogen-bond acceptors (Lipinski definition) is 7. The van der Waals surface area contributed by atoms with Crippen molar-refractivity contribution in [3.63, 3.8) is 0 Å². The number of carbonyl (C=O) groups excluding carboxylic acids is 1. The van der Waals surface area contributed by atoms with Crippen molar-refractivity contribution in [3.05, 3.63) is 59.2 Å². The van der Waals surface area contributed by atoms with Crippen LogP contribution in [0, 0.1) is 11.7 Å². The lowest BCUT2D eigenvalue weighted by molar-refractivity contribution is 0.00736. The van der Waals surface area contributed by atoms with E-state index in [2.05, 4.69) is 20.2 Å². The van der Waals surface area contributed by atoms with Gasteiger partial charge >= 0.3 is 6.09 Å². The molecule has 5 rings (SSSR count). The number of ether oxygens (including phenoxy) is 1. The Morgan fingerprint density at radius 2 is 2.00 bits per heavy atom. The Hall–Kier alpha value is -3.76. The number of hydrogen-bond donors (Lipinski definition) is 0. The summed E-state index contributed by atoms with van der Waals surface area (Å²) in [5.74, 6) is 0.0758. The van der Waals surface area contributed by atoms with Crippen LogP contribution >= 0.6 is 0 Å². The van der Waals surface area contributed by atoms with Gasteiger partial charge in [-0.25, -0.2) is 13.9 Å². The molecule has 40 heavy (non-hydrogen) atoms. The molecular weight excluding hydrogens is 513 g/mol. The minimum Gasteiger partial charge on any atom is -0.444 e. The SMILES string of the molecule is CC(n1cc(-c2cncc(F)c2)nn1)n1ccc(N2CCC[C@@H](N(CC3CCC3)C(=O)OC(C)(C)C)C2)cc1=O. The van der Waals surface area contributed by atoms with Crippen molar-refractivity contribution >= 4 is 11.8 Å². The molecule has 1 amide bonds. The number of pyridine rings is 2. The quantitative estimate of drug-likeness (QED) is 0.419. The molecule has 3 aromatic heterocycles. The first-order valence-corrected chi connectivity index (χ1v) is 14.1. The number of rotatable bonds is 7.